The fourth-order valence-corrected chi connectivity index (χ4v) is 2.07. The molecule has 0 saturated carbocycles. The van der Waals surface area contributed by atoms with Crippen LogP contribution in [0.4, 0.5) is 4.79 Å². The van der Waals surface area contributed by atoms with Crippen molar-refractivity contribution in [2.24, 2.45) is 0 Å². The van der Waals surface area contributed by atoms with Gasteiger partial charge in [-0.15, -0.1) is 0 Å². The van der Waals surface area contributed by atoms with Crippen molar-refractivity contribution in [2.45, 2.75) is 26.4 Å². The predicted octanol–water partition coefficient (Wildman–Crippen LogP) is 3.72. The van der Waals surface area contributed by atoms with E-state index in [1.165, 1.54) is 11.7 Å². The second-order valence-corrected chi connectivity index (χ2v) is 5.78. The summed E-state index contributed by atoms with van der Waals surface area (Å²) in [4.78, 5) is 24.2. The summed E-state index contributed by atoms with van der Waals surface area (Å²) in [5.41, 5.74) is 0.995. The molecule has 0 amide bonds. The molecule has 0 atom stereocenters. The van der Waals surface area contributed by atoms with Gasteiger partial charge in [-0.1, -0.05) is 18.2 Å². The van der Waals surface area contributed by atoms with Gasteiger partial charge in [0.25, 0.3) is 0 Å². The SMILES string of the molecule is COC(=O)c1ccccc1-c1cccn1C(=O)OC(C)(C)C. The molecule has 0 aliphatic rings. The monoisotopic (exact) mass is 301 g/mol. The highest BCUT2D eigenvalue weighted by Crippen LogP contribution is 2.25. The summed E-state index contributed by atoms with van der Waals surface area (Å²) in [6, 6.07) is 10.5. The van der Waals surface area contributed by atoms with Crippen LogP contribution in [0.5, 0.6) is 0 Å². The van der Waals surface area contributed by atoms with Gasteiger partial charge in [-0.3, -0.25) is 4.57 Å². The molecule has 2 aromatic rings. The van der Waals surface area contributed by atoms with Crippen molar-refractivity contribution in [2.75, 3.05) is 7.11 Å². The van der Waals surface area contributed by atoms with Gasteiger partial charge in [0.2, 0.25) is 0 Å². The van der Waals surface area contributed by atoms with Crippen LogP contribution >= 0.6 is 0 Å². The number of hydrogen-bond acceptors (Lipinski definition) is 4. The van der Waals surface area contributed by atoms with Crippen LogP contribution in [0.1, 0.15) is 31.1 Å². The summed E-state index contributed by atoms with van der Waals surface area (Å²) in [6.45, 7) is 5.41. The molecular weight excluding hydrogens is 282 g/mol. The highest BCUT2D eigenvalue weighted by atomic mass is 16.6. The third-order valence-corrected chi connectivity index (χ3v) is 2.95. The number of benzene rings is 1. The maximum absolute atomic E-state index is 12.3. The van der Waals surface area contributed by atoms with E-state index in [0.717, 1.165) is 0 Å². The van der Waals surface area contributed by atoms with Crippen LogP contribution in [-0.4, -0.2) is 29.3 Å². The molecule has 116 valence electrons. The zero-order chi connectivity index (χ0) is 16.3. The molecule has 0 aliphatic carbocycles. The molecule has 0 fully saturated rings. The van der Waals surface area contributed by atoms with Gasteiger partial charge < -0.3 is 9.47 Å². The van der Waals surface area contributed by atoms with E-state index in [1.807, 2.05) is 0 Å². The Hall–Kier alpha value is -2.56. The minimum Gasteiger partial charge on any atom is -0.465 e. The second kappa shape index (κ2) is 6.05. The third kappa shape index (κ3) is 3.36. The number of methoxy groups -OCH3 is 1. The van der Waals surface area contributed by atoms with Crippen LogP contribution in [0.25, 0.3) is 11.3 Å². The van der Waals surface area contributed by atoms with E-state index < -0.39 is 17.7 Å². The average Bonchev–Trinajstić information content (AvgIpc) is 2.94. The normalized spacial score (nSPS) is 11.1. The zero-order valence-corrected chi connectivity index (χ0v) is 13.1. The van der Waals surface area contributed by atoms with E-state index >= 15 is 0 Å². The van der Waals surface area contributed by atoms with E-state index in [9.17, 15) is 9.59 Å². The number of esters is 1. The van der Waals surface area contributed by atoms with Crippen molar-refractivity contribution in [3.63, 3.8) is 0 Å². The Balaban J connectivity index is 2.46. The standard InChI is InChI=1S/C17H19NO4/c1-17(2,3)22-16(20)18-11-7-10-14(18)12-8-5-6-9-13(12)15(19)21-4/h5-11H,1-4H3. The first kappa shape index (κ1) is 15.8. The van der Waals surface area contributed by atoms with Crippen LogP contribution in [-0.2, 0) is 9.47 Å². The lowest BCUT2D eigenvalue weighted by Gasteiger charge is -2.20. The summed E-state index contributed by atoms with van der Waals surface area (Å²) in [6.07, 6.45) is 1.12. The van der Waals surface area contributed by atoms with Crippen LogP contribution in [0.3, 0.4) is 0 Å². The Kier molecular flexibility index (Phi) is 4.35. The number of hydrogen-bond donors (Lipinski definition) is 0. The Morgan fingerprint density at radius 2 is 1.73 bits per heavy atom. The first-order valence-corrected chi connectivity index (χ1v) is 6.92. The Bertz CT molecular complexity index is 695. The molecule has 0 bridgehead atoms. The lowest BCUT2D eigenvalue weighted by molar-refractivity contribution is 0.0537. The molecule has 2 rings (SSSR count). The summed E-state index contributed by atoms with van der Waals surface area (Å²) in [7, 11) is 1.33. The Labute approximate surface area is 129 Å². The molecule has 1 aromatic carbocycles. The van der Waals surface area contributed by atoms with Crippen molar-refractivity contribution in [1.29, 1.82) is 0 Å². The molecule has 0 unspecified atom stereocenters. The highest BCUT2D eigenvalue weighted by molar-refractivity contribution is 5.97. The molecule has 22 heavy (non-hydrogen) atoms. The molecule has 0 saturated heterocycles. The Morgan fingerprint density at radius 1 is 1.05 bits per heavy atom. The summed E-state index contributed by atoms with van der Waals surface area (Å²) in [5.74, 6) is -0.451. The van der Waals surface area contributed by atoms with Crippen LogP contribution < -0.4 is 0 Å². The van der Waals surface area contributed by atoms with E-state index in [0.29, 0.717) is 16.8 Å². The van der Waals surface area contributed by atoms with Crippen LogP contribution in [0.2, 0.25) is 0 Å². The molecule has 5 heteroatoms. The van der Waals surface area contributed by atoms with Crippen LogP contribution in [0, 0.1) is 0 Å². The van der Waals surface area contributed by atoms with Crippen molar-refractivity contribution < 1.29 is 19.1 Å². The maximum Gasteiger partial charge on any atom is 0.418 e. The van der Waals surface area contributed by atoms with Crippen molar-refractivity contribution >= 4 is 12.1 Å². The smallest absolute Gasteiger partial charge is 0.418 e. The van der Waals surface area contributed by atoms with Gasteiger partial charge in [-0.05, 0) is 39.0 Å². The first-order valence-electron chi connectivity index (χ1n) is 6.92. The van der Waals surface area contributed by atoms with Gasteiger partial charge in [-0.2, -0.15) is 0 Å². The van der Waals surface area contributed by atoms with Crippen molar-refractivity contribution in [1.82, 2.24) is 4.57 Å². The minimum atomic E-state index is -0.597. The number of carbonyl (C=O) groups excluding carboxylic acids is 2. The van der Waals surface area contributed by atoms with Gasteiger partial charge in [0.1, 0.15) is 5.60 Å². The number of aromatic nitrogens is 1. The van der Waals surface area contributed by atoms with E-state index in [-0.39, 0.29) is 0 Å². The van der Waals surface area contributed by atoms with Crippen LogP contribution in [0.15, 0.2) is 42.6 Å². The molecular formula is C17H19NO4. The fraction of sp³-hybridized carbons (Fsp3) is 0.294. The quantitative estimate of drug-likeness (QED) is 0.793. The van der Waals surface area contributed by atoms with Gasteiger partial charge in [0, 0.05) is 11.8 Å². The maximum atomic E-state index is 12.3. The van der Waals surface area contributed by atoms with Crippen molar-refractivity contribution in [3.05, 3.63) is 48.2 Å². The Morgan fingerprint density at radius 3 is 2.36 bits per heavy atom. The largest absolute Gasteiger partial charge is 0.465 e. The molecule has 1 aromatic heterocycles. The lowest BCUT2D eigenvalue weighted by atomic mass is 10.0. The van der Waals surface area contributed by atoms with E-state index in [1.54, 1.807) is 63.4 Å². The molecule has 1 heterocycles. The minimum absolute atomic E-state index is 0.397. The van der Waals surface area contributed by atoms with E-state index in [4.69, 9.17) is 9.47 Å². The lowest BCUT2D eigenvalue weighted by Crippen LogP contribution is -2.27. The number of ether oxygens (including phenoxy) is 2. The summed E-state index contributed by atoms with van der Waals surface area (Å²) >= 11 is 0. The molecule has 0 aliphatic heterocycles. The highest BCUT2D eigenvalue weighted by Gasteiger charge is 2.22. The molecule has 0 radical (unpaired) electrons. The molecule has 0 spiro atoms. The average molecular weight is 301 g/mol. The molecule has 5 nitrogen and oxygen atoms in total. The third-order valence-electron chi connectivity index (χ3n) is 2.95. The van der Waals surface area contributed by atoms with Gasteiger partial charge in [0.05, 0.1) is 18.4 Å². The number of carbonyl (C=O) groups is 2. The molecule has 0 N–H and O–H groups in total. The first-order chi connectivity index (χ1) is 10.3. The fourth-order valence-electron chi connectivity index (χ4n) is 2.07. The number of nitrogens with zero attached hydrogens (tertiary/aromatic N) is 1. The van der Waals surface area contributed by atoms with Crippen molar-refractivity contribution in [3.8, 4) is 11.3 Å². The summed E-state index contributed by atoms with van der Waals surface area (Å²) in [5, 5.41) is 0. The predicted molar refractivity (Wildman–Crippen MR) is 82.8 cm³/mol. The van der Waals surface area contributed by atoms with Gasteiger partial charge >= 0.3 is 12.1 Å². The summed E-state index contributed by atoms with van der Waals surface area (Å²) < 4.78 is 11.6. The second-order valence-electron chi connectivity index (χ2n) is 5.78. The zero-order valence-electron chi connectivity index (χ0n) is 13.1. The van der Waals surface area contributed by atoms with E-state index in [2.05, 4.69) is 0 Å². The topological polar surface area (TPSA) is 57.5 Å². The van der Waals surface area contributed by atoms with Gasteiger partial charge in [0.15, 0.2) is 0 Å². The van der Waals surface area contributed by atoms with Gasteiger partial charge in [-0.25, -0.2) is 9.59 Å². The number of rotatable bonds is 2.